The molecular formula is C16H21F3N6O3. The fourth-order valence-electron chi connectivity index (χ4n) is 2.87. The van der Waals surface area contributed by atoms with Gasteiger partial charge in [-0.2, -0.15) is 22.7 Å². The number of nitrogens with zero attached hydrogens (tertiary/aromatic N) is 6. The van der Waals surface area contributed by atoms with Crippen molar-refractivity contribution in [2.75, 3.05) is 39.4 Å². The average molecular weight is 402 g/mol. The third kappa shape index (κ3) is 4.43. The summed E-state index contributed by atoms with van der Waals surface area (Å²) in [5, 5.41) is 3.46. The first-order chi connectivity index (χ1) is 13.3. The molecule has 0 N–H and O–H groups in total. The van der Waals surface area contributed by atoms with Gasteiger partial charge in [0.05, 0.1) is 18.9 Å². The second-order valence-electron chi connectivity index (χ2n) is 6.13. The molecule has 0 aliphatic carbocycles. The zero-order chi connectivity index (χ0) is 20.3. The van der Waals surface area contributed by atoms with Crippen LogP contribution in [-0.2, 0) is 17.5 Å². The van der Waals surface area contributed by atoms with Gasteiger partial charge in [-0.05, 0) is 13.8 Å². The molecule has 1 fully saturated rings. The Morgan fingerprint density at radius 2 is 1.86 bits per heavy atom. The van der Waals surface area contributed by atoms with Crippen molar-refractivity contribution >= 4 is 11.9 Å². The van der Waals surface area contributed by atoms with Gasteiger partial charge in [-0.1, -0.05) is 0 Å². The molecule has 2 aromatic rings. The van der Waals surface area contributed by atoms with E-state index in [1.165, 1.54) is 0 Å². The average Bonchev–Trinajstić information content (AvgIpc) is 3.08. The molecule has 0 unspecified atom stereocenters. The number of ether oxygens (including phenoxy) is 2. The maximum Gasteiger partial charge on any atom is 0.453 e. The highest BCUT2D eigenvalue weighted by Gasteiger charge is 2.37. The molecule has 0 saturated carbocycles. The van der Waals surface area contributed by atoms with Crippen molar-refractivity contribution in [2.24, 2.45) is 0 Å². The van der Waals surface area contributed by atoms with Gasteiger partial charge in [0.15, 0.2) is 0 Å². The first kappa shape index (κ1) is 20.1. The molecule has 1 saturated heterocycles. The van der Waals surface area contributed by atoms with Gasteiger partial charge in [-0.25, -0.2) is 9.78 Å². The molecule has 0 bridgehead atoms. The number of rotatable bonds is 5. The number of alkyl halides is 3. The molecule has 12 heteroatoms. The number of carbonyl (C=O) groups is 1. The Hall–Kier alpha value is -2.63. The number of aromatic nitrogens is 4. The Morgan fingerprint density at radius 3 is 2.46 bits per heavy atom. The standard InChI is InChI=1S/C16H21F3N6O3/c1-3-27-12-9-11(20-14-21-13(16(17,18)19)22-25(12)14)10-23-5-7-24(8-6-23)15(26)28-4-2/h9H,3-8,10H2,1-2H3. The molecule has 1 aliphatic rings. The van der Waals surface area contributed by atoms with Crippen LogP contribution in [0.5, 0.6) is 5.88 Å². The van der Waals surface area contributed by atoms with E-state index in [9.17, 15) is 18.0 Å². The molecule has 28 heavy (non-hydrogen) atoms. The molecule has 1 amide bonds. The molecule has 154 valence electrons. The van der Waals surface area contributed by atoms with Gasteiger partial charge in [-0.15, -0.1) is 5.10 Å². The van der Waals surface area contributed by atoms with Crippen molar-refractivity contribution in [3.63, 3.8) is 0 Å². The summed E-state index contributed by atoms with van der Waals surface area (Å²) in [6.45, 7) is 6.64. The zero-order valence-corrected chi connectivity index (χ0v) is 15.6. The monoisotopic (exact) mass is 402 g/mol. The van der Waals surface area contributed by atoms with Gasteiger partial charge >= 0.3 is 12.3 Å². The molecule has 3 rings (SSSR count). The van der Waals surface area contributed by atoms with Crippen LogP contribution in [0.2, 0.25) is 0 Å². The molecule has 3 heterocycles. The fourth-order valence-corrected chi connectivity index (χ4v) is 2.87. The van der Waals surface area contributed by atoms with Crippen molar-refractivity contribution < 1.29 is 27.4 Å². The lowest BCUT2D eigenvalue weighted by molar-refractivity contribution is -0.144. The minimum absolute atomic E-state index is 0.149. The van der Waals surface area contributed by atoms with Gasteiger partial charge in [0, 0.05) is 38.8 Å². The summed E-state index contributed by atoms with van der Waals surface area (Å²) in [6.07, 6.45) is -5.01. The fraction of sp³-hybridized carbons (Fsp3) is 0.625. The lowest BCUT2D eigenvalue weighted by atomic mass is 10.3. The molecule has 0 aromatic carbocycles. The molecule has 0 atom stereocenters. The van der Waals surface area contributed by atoms with E-state index in [4.69, 9.17) is 9.47 Å². The third-order valence-corrected chi connectivity index (χ3v) is 4.16. The first-order valence-electron chi connectivity index (χ1n) is 8.92. The molecular weight excluding hydrogens is 381 g/mol. The van der Waals surface area contributed by atoms with E-state index in [0.29, 0.717) is 45.0 Å². The number of halogens is 3. The van der Waals surface area contributed by atoms with Crippen LogP contribution in [0.25, 0.3) is 5.78 Å². The van der Waals surface area contributed by atoms with Gasteiger partial charge < -0.3 is 14.4 Å². The van der Waals surface area contributed by atoms with Crippen molar-refractivity contribution in [3.05, 3.63) is 17.6 Å². The Labute approximate surface area is 159 Å². The van der Waals surface area contributed by atoms with E-state index >= 15 is 0 Å². The summed E-state index contributed by atoms with van der Waals surface area (Å²) in [4.78, 5) is 23.1. The van der Waals surface area contributed by atoms with E-state index in [1.54, 1.807) is 24.8 Å². The predicted octanol–water partition coefficient (Wildman–Crippen LogP) is 1.82. The minimum atomic E-state index is -4.67. The van der Waals surface area contributed by atoms with Crippen LogP contribution >= 0.6 is 0 Å². The Morgan fingerprint density at radius 1 is 1.14 bits per heavy atom. The smallest absolute Gasteiger partial charge is 0.453 e. The van der Waals surface area contributed by atoms with Crippen molar-refractivity contribution in [1.29, 1.82) is 0 Å². The van der Waals surface area contributed by atoms with Crippen molar-refractivity contribution in [3.8, 4) is 5.88 Å². The molecule has 0 spiro atoms. The maximum atomic E-state index is 12.9. The van der Waals surface area contributed by atoms with Crippen LogP contribution in [0.1, 0.15) is 25.4 Å². The van der Waals surface area contributed by atoms with Crippen LogP contribution in [0.3, 0.4) is 0 Å². The second-order valence-corrected chi connectivity index (χ2v) is 6.13. The van der Waals surface area contributed by atoms with Crippen LogP contribution < -0.4 is 4.74 Å². The van der Waals surface area contributed by atoms with E-state index in [-0.39, 0.29) is 24.4 Å². The lowest BCUT2D eigenvalue weighted by Crippen LogP contribution is -2.48. The van der Waals surface area contributed by atoms with E-state index in [0.717, 1.165) is 4.52 Å². The number of hydrogen-bond donors (Lipinski definition) is 0. The first-order valence-corrected chi connectivity index (χ1v) is 8.92. The lowest BCUT2D eigenvalue weighted by Gasteiger charge is -2.33. The van der Waals surface area contributed by atoms with E-state index in [2.05, 4.69) is 15.1 Å². The number of hydrogen-bond acceptors (Lipinski definition) is 7. The summed E-state index contributed by atoms with van der Waals surface area (Å²) in [5.41, 5.74) is 0.515. The molecule has 1 aliphatic heterocycles. The largest absolute Gasteiger partial charge is 0.478 e. The number of piperazine rings is 1. The molecule has 2 aromatic heterocycles. The minimum Gasteiger partial charge on any atom is -0.478 e. The Bertz CT molecular complexity index is 833. The number of carbonyl (C=O) groups excluding carboxylic acids is 1. The van der Waals surface area contributed by atoms with Crippen LogP contribution in [0.15, 0.2) is 6.07 Å². The maximum absolute atomic E-state index is 12.9. The van der Waals surface area contributed by atoms with Gasteiger partial charge in [0.2, 0.25) is 5.88 Å². The molecule has 9 nitrogen and oxygen atoms in total. The number of amides is 1. The zero-order valence-electron chi connectivity index (χ0n) is 15.6. The van der Waals surface area contributed by atoms with Gasteiger partial charge in [0.25, 0.3) is 11.6 Å². The summed E-state index contributed by atoms with van der Waals surface area (Å²) in [6, 6.07) is 1.56. The summed E-state index contributed by atoms with van der Waals surface area (Å²) >= 11 is 0. The highest BCUT2D eigenvalue weighted by atomic mass is 19.4. The normalized spacial score (nSPS) is 15.8. The summed E-state index contributed by atoms with van der Waals surface area (Å²) < 4.78 is 50.1. The summed E-state index contributed by atoms with van der Waals surface area (Å²) in [5.74, 6) is -1.28. The van der Waals surface area contributed by atoms with Gasteiger partial charge in [0.1, 0.15) is 0 Å². The van der Waals surface area contributed by atoms with Crippen LogP contribution in [0, 0.1) is 0 Å². The highest BCUT2D eigenvalue weighted by Crippen LogP contribution is 2.27. The summed E-state index contributed by atoms with van der Waals surface area (Å²) in [7, 11) is 0. The SMILES string of the molecule is CCOC(=O)N1CCN(Cc2cc(OCC)n3nc(C(F)(F)F)nc3n2)CC1. The third-order valence-electron chi connectivity index (χ3n) is 4.16. The van der Waals surface area contributed by atoms with E-state index < -0.39 is 12.0 Å². The quantitative estimate of drug-likeness (QED) is 0.754. The van der Waals surface area contributed by atoms with Crippen LogP contribution in [0.4, 0.5) is 18.0 Å². The number of fused-ring (bicyclic) bond motifs is 1. The molecule has 0 radical (unpaired) electrons. The van der Waals surface area contributed by atoms with E-state index in [1.807, 2.05) is 4.90 Å². The Balaban J connectivity index is 1.75. The van der Waals surface area contributed by atoms with Gasteiger partial charge in [-0.3, -0.25) is 4.90 Å². The Kier molecular flexibility index (Phi) is 5.87. The topological polar surface area (TPSA) is 85.1 Å². The van der Waals surface area contributed by atoms with Crippen LogP contribution in [-0.4, -0.2) is 74.9 Å². The highest BCUT2D eigenvalue weighted by molar-refractivity contribution is 5.67. The van der Waals surface area contributed by atoms with Crippen molar-refractivity contribution in [2.45, 2.75) is 26.6 Å². The van der Waals surface area contributed by atoms with Crippen molar-refractivity contribution in [1.82, 2.24) is 29.4 Å². The second kappa shape index (κ2) is 8.17. The predicted molar refractivity (Wildman–Crippen MR) is 90.8 cm³/mol.